The van der Waals surface area contributed by atoms with Gasteiger partial charge < -0.3 is 9.84 Å². The third-order valence-electron chi connectivity index (χ3n) is 3.42. The van der Waals surface area contributed by atoms with Crippen LogP contribution in [-0.4, -0.2) is 22.3 Å². The van der Waals surface area contributed by atoms with Gasteiger partial charge in [0.15, 0.2) is 0 Å². The molecule has 1 fully saturated rings. The minimum Gasteiger partial charge on any atom is -0.393 e. The van der Waals surface area contributed by atoms with E-state index in [0.29, 0.717) is 12.7 Å². The molecular formula is C14H17NO2S. The van der Waals surface area contributed by atoms with Gasteiger partial charge in [0.2, 0.25) is 0 Å². The summed E-state index contributed by atoms with van der Waals surface area (Å²) >= 11 is 1.70. The summed E-state index contributed by atoms with van der Waals surface area (Å²) in [5.41, 5.74) is 1.06. The highest BCUT2D eigenvalue weighted by Crippen LogP contribution is 2.25. The molecule has 1 aliphatic rings. The van der Waals surface area contributed by atoms with Crippen molar-refractivity contribution in [1.29, 1.82) is 0 Å². The first-order valence-electron chi connectivity index (χ1n) is 6.45. The lowest BCUT2D eigenvalue weighted by Crippen LogP contribution is -2.24. The number of hydrogen-bond acceptors (Lipinski definition) is 4. The van der Waals surface area contributed by atoms with E-state index in [1.807, 2.05) is 18.2 Å². The second kappa shape index (κ2) is 5.34. The van der Waals surface area contributed by atoms with Gasteiger partial charge in [0.1, 0.15) is 5.01 Å². The molecule has 0 saturated heterocycles. The van der Waals surface area contributed by atoms with E-state index in [-0.39, 0.29) is 6.10 Å². The van der Waals surface area contributed by atoms with E-state index in [0.717, 1.165) is 36.2 Å². The lowest BCUT2D eigenvalue weighted by Gasteiger charge is -2.25. The summed E-state index contributed by atoms with van der Waals surface area (Å²) in [4.78, 5) is 4.56. The first-order chi connectivity index (χ1) is 8.81. The van der Waals surface area contributed by atoms with Gasteiger partial charge in [0.05, 0.1) is 29.0 Å². The van der Waals surface area contributed by atoms with E-state index in [1.165, 1.54) is 4.70 Å². The van der Waals surface area contributed by atoms with Gasteiger partial charge in [-0.2, -0.15) is 0 Å². The van der Waals surface area contributed by atoms with Gasteiger partial charge in [-0.1, -0.05) is 12.1 Å². The predicted molar refractivity (Wildman–Crippen MR) is 72.7 cm³/mol. The maximum Gasteiger partial charge on any atom is 0.120 e. The molecule has 0 spiro atoms. The highest BCUT2D eigenvalue weighted by atomic mass is 32.1. The molecule has 1 heterocycles. The molecule has 0 amide bonds. The third-order valence-corrected chi connectivity index (χ3v) is 4.43. The van der Waals surface area contributed by atoms with Gasteiger partial charge in [0, 0.05) is 0 Å². The van der Waals surface area contributed by atoms with Crippen LogP contribution < -0.4 is 0 Å². The number of fused-ring (bicyclic) bond motifs is 1. The number of nitrogens with zero attached hydrogens (tertiary/aromatic N) is 1. The van der Waals surface area contributed by atoms with Crippen molar-refractivity contribution in [3.8, 4) is 0 Å². The highest BCUT2D eigenvalue weighted by Gasteiger charge is 2.20. The number of rotatable bonds is 3. The van der Waals surface area contributed by atoms with Crippen LogP contribution in [0.1, 0.15) is 30.7 Å². The zero-order valence-electron chi connectivity index (χ0n) is 10.2. The van der Waals surface area contributed by atoms with Gasteiger partial charge in [-0.25, -0.2) is 4.98 Å². The van der Waals surface area contributed by atoms with Crippen molar-refractivity contribution in [2.75, 3.05) is 0 Å². The molecule has 96 valence electrons. The Bertz CT molecular complexity index is 484. The summed E-state index contributed by atoms with van der Waals surface area (Å²) in [6.45, 7) is 0.597. The second-order valence-electron chi connectivity index (χ2n) is 4.82. The summed E-state index contributed by atoms with van der Waals surface area (Å²) in [7, 11) is 0. The maximum atomic E-state index is 9.44. The molecule has 3 nitrogen and oxygen atoms in total. The lowest BCUT2D eigenvalue weighted by atomic mass is 9.95. The molecule has 1 aliphatic carbocycles. The summed E-state index contributed by atoms with van der Waals surface area (Å²) < 4.78 is 7.10. The van der Waals surface area contributed by atoms with Crippen LogP contribution in [-0.2, 0) is 11.3 Å². The van der Waals surface area contributed by atoms with Crippen molar-refractivity contribution in [1.82, 2.24) is 4.98 Å². The number of aliphatic hydroxyl groups excluding tert-OH is 1. The molecule has 0 aliphatic heterocycles. The van der Waals surface area contributed by atoms with Crippen molar-refractivity contribution in [2.24, 2.45) is 0 Å². The Morgan fingerprint density at radius 1 is 1.22 bits per heavy atom. The van der Waals surface area contributed by atoms with Crippen LogP contribution in [0.15, 0.2) is 24.3 Å². The highest BCUT2D eigenvalue weighted by molar-refractivity contribution is 7.18. The Labute approximate surface area is 110 Å². The van der Waals surface area contributed by atoms with Crippen LogP contribution in [0.2, 0.25) is 0 Å². The molecule has 18 heavy (non-hydrogen) atoms. The van der Waals surface area contributed by atoms with Crippen LogP contribution in [0.3, 0.4) is 0 Å². The van der Waals surface area contributed by atoms with E-state index < -0.39 is 0 Å². The van der Waals surface area contributed by atoms with Gasteiger partial charge in [-0.05, 0) is 37.8 Å². The molecule has 0 unspecified atom stereocenters. The fourth-order valence-corrected chi connectivity index (χ4v) is 3.27. The SMILES string of the molecule is OC1CCC(OCc2nc3ccccc3s2)CC1. The summed E-state index contributed by atoms with van der Waals surface area (Å²) in [6.07, 6.45) is 3.83. The smallest absolute Gasteiger partial charge is 0.120 e. The monoisotopic (exact) mass is 263 g/mol. The van der Waals surface area contributed by atoms with Crippen LogP contribution in [0.5, 0.6) is 0 Å². The van der Waals surface area contributed by atoms with Gasteiger partial charge in [0.25, 0.3) is 0 Å². The first-order valence-corrected chi connectivity index (χ1v) is 7.27. The Morgan fingerprint density at radius 3 is 2.78 bits per heavy atom. The molecule has 1 aromatic heterocycles. The number of thiazole rings is 1. The summed E-state index contributed by atoms with van der Waals surface area (Å²) in [5, 5.41) is 10.5. The number of hydrogen-bond donors (Lipinski definition) is 1. The second-order valence-corrected chi connectivity index (χ2v) is 5.93. The van der Waals surface area contributed by atoms with Gasteiger partial charge in [-0.3, -0.25) is 0 Å². The summed E-state index contributed by atoms with van der Waals surface area (Å²) in [6, 6.07) is 8.17. The van der Waals surface area contributed by atoms with Crippen molar-refractivity contribution in [3.63, 3.8) is 0 Å². The molecule has 1 aromatic carbocycles. The van der Waals surface area contributed by atoms with Crippen LogP contribution in [0, 0.1) is 0 Å². The summed E-state index contributed by atoms with van der Waals surface area (Å²) in [5.74, 6) is 0. The van der Waals surface area contributed by atoms with Crippen molar-refractivity contribution in [3.05, 3.63) is 29.3 Å². The van der Waals surface area contributed by atoms with Crippen LogP contribution in [0.4, 0.5) is 0 Å². The van der Waals surface area contributed by atoms with Crippen molar-refractivity contribution >= 4 is 21.6 Å². The standard InChI is InChI=1S/C14H17NO2S/c16-10-5-7-11(8-6-10)17-9-14-15-12-3-1-2-4-13(12)18-14/h1-4,10-11,16H,5-9H2. The fraction of sp³-hybridized carbons (Fsp3) is 0.500. The topological polar surface area (TPSA) is 42.4 Å². The number of para-hydroxylation sites is 1. The quantitative estimate of drug-likeness (QED) is 0.925. The van der Waals surface area contributed by atoms with E-state index >= 15 is 0 Å². The molecule has 0 atom stereocenters. The maximum absolute atomic E-state index is 9.44. The molecule has 1 saturated carbocycles. The molecule has 0 bridgehead atoms. The van der Waals surface area contributed by atoms with Gasteiger partial charge in [-0.15, -0.1) is 11.3 Å². The Hall–Kier alpha value is -0.970. The first kappa shape index (κ1) is 12.1. The number of aromatic nitrogens is 1. The molecule has 4 heteroatoms. The third kappa shape index (κ3) is 2.71. The van der Waals surface area contributed by atoms with E-state index in [4.69, 9.17) is 4.74 Å². The minimum atomic E-state index is -0.118. The van der Waals surface area contributed by atoms with Gasteiger partial charge >= 0.3 is 0 Å². The Morgan fingerprint density at radius 2 is 2.00 bits per heavy atom. The zero-order chi connectivity index (χ0) is 12.4. The fourth-order valence-electron chi connectivity index (χ4n) is 2.38. The zero-order valence-corrected chi connectivity index (χ0v) is 11.0. The number of aliphatic hydroxyl groups is 1. The average Bonchev–Trinajstić information content (AvgIpc) is 2.81. The number of ether oxygens (including phenoxy) is 1. The normalized spacial score (nSPS) is 24.5. The lowest BCUT2D eigenvalue weighted by molar-refractivity contribution is -0.0118. The van der Waals surface area contributed by atoms with E-state index in [9.17, 15) is 5.11 Å². The molecule has 2 aromatic rings. The Kier molecular flexibility index (Phi) is 3.59. The van der Waals surface area contributed by atoms with Crippen LogP contribution in [0.25, 0.3) is 10.2 Å². The predicted octanol–water partition coefficient (Wildman–Crippen LogP) is 3.12. The molecule has 0 radical (unpaired) electrons. The minimum absolute atomic E-state index is 0.118. The van der Waals surface area contributed by atoms with Crippen molar-refractivity contribution in [2.45, 2.75) is 44.5 Å². The van der Waals surface area contributed by atoms with Crippen LogP contribution >= 0.6 is 11.3 Å². The largest absolute Gasteiger partial charge is 0.393 e. The number of benzene rings is 1. The molecule has 1 N–H and O–H groups in total. The van der Waals surface area contributed by atoms with Crippen molar-refractivity contribution < 1.29 is 9.84 Å². The average molecular weight is 263 g/mol. The molecule has 3 rings (SSSR count). The van der Waals surface area contributed by atoms with E-state index in [2.05, 4.69) is 11.1 Å². The van der Waals surface area contributed by atoms with E-state index in [1.54, 1.807) is 11.3 Å². The molecular weight excluding hydrogens is 246 g/mol. The Balaban J connectivity index is 1.59.